The number of carbonyl (C=O) groups excluding carboxylic acids is 2. The van der Waals surface area contributed by atoms with Crippen molar-refractivity contribution in [2.45, 2.75) is 31.8 Å². The van der Waals surface area contributed by atoms with Gasteiger partial charge in [0, 0.05) is 12.1 Å². The number of hydrogen-bond donors (Lipinski definition) is 3. The first-order valence-corrected chi connectivity index (χ1v) is 8.58. The van der Waals surface area contributed by atoms with Crippen LogP contribution in [0.15, 0.2) is 60.7 Å². The van der Waals surface area contributed by atoms with Gasteiger partial charge in [-0.05, 0) is 43.5 Å². The van der Waals surface area contributed by atoms with Crippen molar-refractivity contribution in [2.75, 3.05) is 6.54 Å². The van der Waals surface area contributed by atoms with E-state index in [1.165, 1.54) is 0 Å². The van der Waals surface area contributed by atoms with Crippen LogP contribution in [0.5, 0.6) is 0 Å². The zero-order valence-electron chi connectivity index (χ0n) is 14.3. The van der Waals surface area contributed by atoms with Crippen molar-refractivity contribution in [3.63, 3.8) is 0 Å². The van der Waals surface area contributed by atoms with E-state index >= 15 is 0 Å². The van der Waals surface area contributed by atoms with E-state index in [2.05, 4.69) is 10.6 Å². The average molecular weight is 339 g/mol. The van der Waals surface area contributed by atoms with Crippen molar-refractivity contribution in [2.24, 2.45) is 5.73 Å². The average Bonchev–Trinajstić information content (AvgIpc) is 2.67. The van der Waals surface area contributed by atoms with Crippen LogP contribution in [0.25, 0.3) is 0 Å². The topological polar surface area (TPSA) is 84.2 Å². The molecule has 5 heteroatoms. The molecule has 2 amide bonds. The number of benzene rings is 2. The highest BCUT2D eigenvalue weighted by atomic mass is 16.2. The van der Waals surface area contributed by atoms with Gasteiger partial charge in [-0.1, -0.05) is 48.5 Å². The summed E-state index contributed by atoms with van der Waals surface area (Å²) < 4.78 is 0. The summed E-state index contributed by atoms with van der Waals surface area (Å²) in [5.41, 5.74) is 7.09. The minimum absolute atomic E-state index is 0.176. The van der Waals surface area contributed by atoms with Crippen LogP contribution in [0.4, 0.5) is 0 Å². The summed E-state index contributed by atoms with van der Waals surface area (Å²) in [5, 5.41) is 5.73. The summed E-state index contributed by atoms with van der Waals surface area (Å²) in [4.78, 5) is 24.9. The molecule has 0 aliphatic rings. The quantitative estimate of drug-likeness (QED) is 0.613. The summed E-state index contributed by atoms with van der Waals surface area (Å²) in [6, 6.07) is 18.0. The van der Waals surface area contributed by atoms with Gasteiger partial charge in [-0.2, -0.15) is 0 Å². The van der Waals surface area contributed by atoms with Gasteiger partial charge in [0.2, 0.25) is 5.91 Å². The Morgan fingerprint density at radius 1 is 0.920 bits per heavy atom. The number of carbonyl (C=O) groups is 2. The molecule has 0 fully saturated rings. The Hall–Kier alpha value is -2.66. The van der Waals surface area contributed by atoms with Gasteiger partial charge < -0.3 is 16.4 Å². The molecule has 0 saturated carbocycles. The molecule has 132 valence electrons. The highest BCUT2D eigenvalue weighted by Crippen LogP contribution is 2.05. The molecule has 2 aromatic carbocycles. The molecule has 0 heterocycles. The third kappa shape index (κ3) is 6.39. The number of rotatable bonds is 9. The molecule has 0 bridgehead atoms. The van der Waals surface area contributed by atoms with E-state index in [0.29, 0.717) is 25.1 Å². The second-order valence-electron chi connectivity index (χ2n) is 5.88. The van der Waals surface area contributed by atoms with Gasteiger partial charge in [0.1, 0.15) is 6.04 Å². The monoisotopic (exact) mass is 339 g/mol. The molecule has 0 aliphatic carbocycles. The molecule has 4 N–H and O–H groups in total. The number of amides is 2. The molecular weight excluding hydrogens is 314 g/mol. The maximum Gasteiger partial charge on any atom is 0.251 e. The Morgan fingerprint density at radius 2 is 1.56 bits per heavy atom. The molecular formula is C20H25N3O2. The van der Waals surface area contributed by atoms with E-state index in [4.69, 9.17) is 5.73 Å². The smallest absolute Gasteiger partial charge is 0.251 e. The van der Waals surface area contributed by atoms with Crippen LogP contribution in [0.2, 0.25) is 0 Å². The Labute approximate surface area is 148 Å². The maximum atomic E-state index is 12.5. The molecule has 1 unspecified atom stereocenters. The highest BCUT2D eigenvalue weighted by molar-refractivity contribution is 5.97. The second kappa shape index (κ2) is 10.3. The standard InChI is InChI=1S/C20H25N3O2/c21-14-8-7-13-18(23-19(24)17-11-5-2-6-12-17)20(25)22-15-16-9-3-1-4-10-16/h1-6,9-12,18H,7-8,13-15,21H2,(H,22,25)(H,23,24). The van der Waals surface area contributed by atoms with E-state index in [-0.39, 0.29) is 11.8 Å². The molecule has 2 aromatic rings. The SMILES string of the molecule is NCCCCC(NC(=O)c1ccccc1)C(=O)NCc1ccccc1. The molecule has 25 heavy (non-hydrogen) atoms. The van der Waals surface area contributed by atoms with E-state index in [9.17, 15) is 9.59 Å². The first-order chi connectivity index (χ1) is 12.2. The summed E-state index contributed by atoms with van der Waals surface area (Å²) in [5.74, 6) is -0.418. The third-order valence-electron chi connectivity index (χ3n) is 3.91. The minimum atomic E-state index is -0.567. The van der Waals surface area contributed by atoms with E-state index in [1.54, 1.807) is 24.3 Å². The maximum absolute atomic E-state index is 12.5. The predicted molar refractivity (Wildman–Crippen MR) is 98.9 cm³/mol. The van der Waals surface area contributed by atoms with Crippen LogP contribution >= 0.6 is 0 Å². The summed E-state index contributed by atoms with van der Waals surface area (Å²) in [6.45, 7) is 1.01. The summed E-state index contributed by atoms with van der Waals surface area (Å²) in [6.07, 6.45) is 2.18. The van der Waals surface area contributed by atoms with Crippen LogP contribution in [0.1, 0.15) is 35.2 Å². The largest absolute Gasteiger partial charge is 0.350 e. The van der Waals surface area contributed by atoms with Gasteiger partial charge in [0.25, 0.3) is 5.91 Å². The first kappa shape index (κ1) is 18.7. The molecule has 0 spiro atoms. The van der Waals surface area contributed by atoms with Gasteiger partial charge >= 0.3 is 0 Å². The van der Waals surface area contributed by atoms with Gasteiger partial charge in [0.15, 0.2) is 0 Å². The Morgan fingerprint density at radius 3 is 2.20 bits per heavy atom. The zero-order chi connectivity index (χ0) is 17.9. The minimum Gasteiger partial charge on any atom is -0.350 e. The van der Waals surface area contributed by atoms with Crippen molar-refractivity contribution in [3.8, 4) is 0 Å². The van der Waals surface area contributed by atoms with Gasteiger partial charge in [-0.3, -0.25) is 9.59 Å². The summed E-state index contributed by atoms with van der Waals surface area (Å²) >= 11 is 0. The van der Waals surface area contributed by atoms with Crippen molar-refractivity contribution >= 4 is 11.8 Å². The van der Waals surface area contributed by atoms with Crippen molar-refractivity contribution in [1.82, 2.24) is 10.6 Å². The van der Waals surface area contributed by atoms with Crippen LogP contribution in [-0.4, -0.2) is 24.4 Å². The molecule has 2 rings (SSSR count). The van der Waals surface area contributed by atoms with E-state index < -0.39 is 6.04 Å². The van der Waals surface area contributed by atoms with E-state index in [1.807, 2.05) is 36.4 Å². The van der Waals surface area contributed by atoms with Gasteiger partial charge in [0.05, 0.1) is 0 Å². The lowest BCUT2D eigenvalue weighted by Crippen LogP contribution is -2.46. The second-order valence-corrected chi connectivity index (χ2v) is 5.88. The number of nitrogens with two attached hydrogens (primary N) is 1. The van der Waals surface area contributed by atoms with Crippen LogP contribution in [0, 0.1) is 0 Å². The number of hydrogen-bond acceptors (Lipinski definition) is 3. The normalized spacial score (nSPS) is 11.6. The molecule has 5 nitrogen and oxygen atoms in total. The van der Waals surface area contributed by atoms with Gasteiger partial charge in [-0.15, -0.1) is 0 Å². The fourth-order valence-electron chi connectivity index (χ4n) is 2.50. The van der Waals surface area contributed by atoms with Crippen LogP contribution in [0.3, 0.4) is 0 Å². The van der Waals surface area contributed by atoms with E-state index in [0.717, 1.165) is 18.4 Å². The Kier molecular flexibility index (Phi) is 7.66. The molecule has 0 aliphatic heterocycles. The predicted octanol–water partition coefficient (Wildman–Crippen LogP) is 2.23. The fraction of sp³-hybridized carbons (Fsp3) is 0.300. The summed E-state index contributed by atoms with van der Waals surface area (Å²) in [7, 11) is 0. The molecule has 0 radical (unpaired) electrons. The number of nitrogens with one attached hydrogen (secondary N) is 2. The lowest BCUT2D eigenvalue weighted by molar-refractivity contribution is -0.123. The lowest BCUT2D eigenvalue weighted by atomic mass is 10.1. The number of unbranched alkanes of at least 4 members (excludes halogenated alkanes) is 1. The Balaban J connectivity index is 1.96. The van der Waals surface area contributed by atoms with Crippen LogP contribution < -0.4 is 16.4 Å². The first-order valence-electron chi connectivity index (χ1n) is 8.58. The zero-order valence-corrected chi connectivity index (χ0v) is 14.3. The molecule has 0 saturated heterocycles. The Bertz CT molecular complexity index is 659. The van der Waals surface area contributed by atoms with Crippen molar-refractivity contribution < 1.29 is 9.59 Å². The molecule has 0 aromatic heterocycles. The van der Waals surface area contributed by atoms with Crippen molar-refractivity contribution in [3.05, 3.63) is 71.8 Å². The van der Waals surface area contributed by atoms with Crippen LogP contribution in [-0.2, 0) is 11.3 Å². The highest BCUT2D eigenvalue weighted by Gasteiger charge is 2.20. The fourth-order valence-corrected chi connectivity index (χ4v) is 2.50. The van der Waals surface area contributed by atoms with Crippen molar-refractivity contribution in [1.29, 1.82) is 0 Å². The van der Waals surface area contributed by atoms with Gasteiger partial charge in [-0.25, -0.2) is 0 Å². The molecule has 1 atom stereocenters. The third-order valence-corrected chi connectivity index (χ3v) is 3.91. The lowest BCUT2D eigenvalue weighted by Gasteiger charge is -2.18.